The summed E-state index contributed by atoms with van der Waals surface area (Å²) < 4.78 is 5.55. The Morgan fingerprint density at radius 3 is 2.61 bits per heavy atom. The number of rotatable bonds is 5. The van der Waals surface area contributed by atoms with Crippen LogP contribution in [0, 0.1) is 12.8 Å². The second kappa shape index (κ2) is 6.96. The SMILES string of the molecule is Cc1ccc(-c2nc(CNC3CCC(C(=O)O)CC3)co2)cc1. The highest BCUT2D eigenvalue weighted by Crippen LogP contribution is 2.25. The van der Waals surface area contributed by atoms with Gasteiger partial charge in [-0.25, -0.2) is 4.98 Å². The molecule has 23 heavy (non-hydrogen) atoms. The number of nitrogens with one attached hydrogen (secondary N) is 1. The fourth-order valence-corrected chi connectivity index (χ4v) is 3.01. The fourth-order valence-electron chi connectivity index (χ4n) is 3.01. The predicted octanol–water partition coefficient (Wildman–Crippen LogP) is 3.38. The van der Waals surface area contributed by atoms with Crippen molar-refractivity contribution >= 4 is 5.97 Å². The van der Waals surface area contributed by atoms with Crippen LogP contribution in [0.15, 0.2) is 34.9 Å². The first-order valence-corrected chi connectivity index (χ1v) is 8.09. The molecule has 1 aromatic carbocycles. The van der Waals surface area contributed by atoms with E-state index in [0.29, 0.717) is 18.5 Å². The van der Waals surface area contributed by atoms with Gasteiger partial charge in [-0.2, -0.15) is 0 Å². The molecule has 0 aliphatic heterocycles. The summed E-state index contributed by atoms with van der Waals surface area (Å²) in [6.45, 7) is 2.70. The lowest BCUT2D eigenvalue weighted by atomic mass is 9.86. The van der Waals surface area contributed by atoms with Gasteiger partial charge in [0.05, 0.1) is 11.6 Å². The molecule has 0 spiro atoms. The van der Waals surface area contributed by atoms with E-state index in [4.69, 9.17) is 9.52 Å². The molecule has 3 rings (SSSR count). The number of hydrogen-bond donors (Lipinski definition) is 2. The smallest absolute Gasteiger partial charge is 0.306 e. The lowest BCUT2D eigenvalue weighted by molar-refractivity contribution is -0.142. The molecule has 1 aromatic heterocycles. The third-order valence-corrected chi connectivity index (χ3v) is 4.50. The van der Waals surface area contributed by atoms with E-state index in [1.54, 1.807) is 6.26 Å². The van der Waals surface area contributed by atoms with Gasteiger partial charge in [0.2, 0.25) is 5.89 Å². The number of aryl methyl sites for hydroxylation is 1. The van der Waals surface area contributed by atoms with E-state index in [0.717, 1.165) is 36.9 Å². The summed E-state index contributed by atoms with van der Waals surface area (Å²) in [5, 5.41) is 12.5. The normalized spacial score (nSPS) is 21.3. The van der Waals surface area contributed by atoms with Crippen molar-refractivity contribution in [2.75, 3.05) is 0 Å². The van der Waals surface area contributed by atoms with Crippen molar-refractivity contribution < 1.29 is 14.3 Å². The number of carboxylic acid groups (broad SMARTS) is 1. The number of benzene rings is 1. The van der Waals surface area contributed by atoms with Crippen LogP contribution in [-0.2, 0) is 11.3 Å². The van der Waals surface area contributed by atoms with E-state index >= 15 is 0 Å². The average molecular weight is 314 g/mol. The van der Waals surface area contributed by atoms with Crippen molar-refractivity contribution in [3.05, 3.63) is 41.8 Å². The molecule has 0 bridgehead atoms. The minimum atomic E-state index is -0.664. The molecule has 2 N–H and O–H groups in total. The minimum absolute atomic E-state index is 0.173. The minimum Gasteiger partial charge on any atom is -0.481 e. The Morgan fingerprint density at radius 2 is 1.96 bits per heavy atom. The largest absolute Gasteiger partial charge is 0.481 e. The van der Waals surface area contributed by atoms with Gasteiger partial charge in [-0.05, 0) is 44.7 Å². The van der Waals surface area contributed by atoms with Crippen LogP contribution < -0.4 is 5.32 Å². The number of nitrogens with zero attached hydrogens (tertiary/aromatic N) is 1. The van der Waals surface area contributed by atoms with Crippen molar-refractivity contribution in [1.29, 1.82) is 0 Å². The molecular weight excluding hydrogens is 292 g/mol. The van der Waals surface area contributed by atoms with Crippen LogP contribution in [0.1, 0.15) is 36.9 Å². The van der Waals surface area contributed by atoms with E-state index in [2.05, 4.69) is 10.3 Å². The maximum Gasteiger partial charge on any atom is 0.306 e. The van der Waals surface area contributed by atoms with E-state index < -0.39 is 5.97 Å². The van der Waals surface area contributed by atoms with Gasteiger partial charge in [-0.3, -0.25) is 4.79 Å². The first-order chi connectivity index (χ1) is 11.1. The Kier molecular flexibility index (Phi) is 4.76. The molecule has 1 saturated carbocycles. The summed E-state index contributed by atoms with van der Waals surface area (Å²) in [6.07, 6.45) is 4.99. The molecule has 0 saturated heterocycles. The maximum atomic E-state index is 11.0. The Balaban J connectivity index is 1.52. The number of carbonyl (C=O) groups is 1. The van der Waals surface area contributed by atoms with Crippen LogP contribution in [0.3, 0.4) is 0 Å². The molecule has 0 atom stereocenters. The van der Waals surface area contributed by atoms with Crippen molar-refractivity contribution in [3.8, 4) is 11.5 Å². The van der Waals surface area contributed by atoms with Crippen molar-refractivity contribution in [2.24, 2.45) is 5.92 Å². The molecule has 1 fully saturated rings. The van der Waals surface area contributed by atoms with Gasteiger partial charge in [0, 0.05) is 18.2 Å². The lowest BCUT2D eigenvalue weighted by Crippen LogP contribution is -2.34. The first-order valence-electron chi connectivity index (χ1n) is 8.09. The quantitative estimate of drug-likeness (QED) is 0.885. The van der Waals surface area contributed by atoms with Crippen LogP contribution in [0.4, 0.5) is 0 Å². The third-order valence-electron chi connectivity index (χ3n) is 4.50. The van der Waals surface area contributed by atoms with E-state index in [1.165, 1.54) is 5.56 Å². The molecule has 0 unspecified atom stereocenters. The number of hydrogen-bond acceptors (Lipinski definition) is 4. The van der Waals surface area contributed by atoms with Crippen LogP contribution >= 0.6 is 0 Å². The average Bonchev–Trinajstić information content (AvgIpc) is 3.03. The number of carboxylic acids is 1. The van der Waals surface area contributed by atoms with E-state index in [-0.39, 0.29) is 5.92 Å². The number of aliphatic carboxylic acids is 1. The van der Waals surface area contributed by atoms with Gasteiger partial charge in [0.25, 0.3) is 0 Å². The topological polar surface area (TPSA) is 75.4 Å². The number of oxazole rings is 1. The Bertz CT molecular complexity index is 655. The molecule has 122 valence electrons. The van der Waals surface area contributed by atoms with Crippen LogP contribution in [0.2, 0.25) is 0 Å². The van der Waals surface area contributed by atoms with Gasteiger partial charge >= 0.3 is 5.97 Å². The van der Waals surface area contributed by atoms with Crippen LogP contribution in [-0.4, -0.2) is 22.1 Å². The van der Waals surface area contributed by atoms with Gasteiger partial charge in [0.15, 0.2) is 0 Å². The fraction of sp³-hybridized carbons (Fsp3) is 0.444. The van der Waals surface area contributed by atoms with Crippen molar-refractivity contribution in [3.63, 3.8) is 0 Å². The molecular formula is C18H22N2O3. The summed E-state index contributed by atoms with van der Waals surface area (Å²) >= 11 is 0. The highest BCUT2D eigenvalue weighted by Gasteiger charge is 2.25. The molecule has 0 amide bonds. The zero-order valence-corrected chi connectivity index (χ0v) is 13.3. The molecule has 2 aromatic rings. The van der Waals surface area contributed by atoms with Gasteiger partial charge in [0.1, 0.15) is 6.26 Å². The van der Waals surface area contributed by atoms with Gasteiger partial charge in [-0.1, -0.05) is 17.7 Å². The zero-order chi connectivity index (χ0) is 16.2. The standard InChI is InChI=1S/C18H22N2O3/c1-12-2-4-13(5-3-12)17-20-16(11-23-17)10-19-15-8-6-14(7-9-15)18(21)22/h2-5,11,14-15,19H,6-10H2,1H3,(H,21,22). The molecule has 0 radical (unpaired) electrons. The number of aromatic nitrogens is 1. The molecule has 5 heteroatoms. The first kappa shape index (κ1) is 15.7. The van der Waals surface area contributed by atoms with E-state index in [1.807, 2.05) is 31.2 Å². The lowest BCUT2D eigenvalue weighted by Gasteiger charge is -2.26. The van der Waals surface area contributed by atoms with Crippen molar-refractivity contribution in [2.45, 2.75) is 45.2 Å². The third kappa shape index (κ3) is 3.99. The summed E-state index contributed by atoms with van der Waals surface area (Å²) in [4.78, 5) is 15.5. The van der Waals surface area contributed by atoms with Gasteiger partial charge < -0.3 is 14.8 Å². The summed E-state index contributed by atoms with van der Waals surface area (Å²) in [5.41, 5.74) is 3.06. The highest BCUT2D eigenvalue weighted by molar-refractivity contribution is 5.70. The summed E-state index contributed by atoms with van der Waals surface area (Å²) in [6, 6.07) is 8.46. The Morgan fingerprint density at radius 1 is 1.26 bits per heavy atom. The highest BCUT2D eigenvalue weighted by atomic mass is 16.4. The molecule has 1 aliphatic carbocycles. The molecule has 1 aliphatic rings. The maximum absolute atomic E-state index is 11.0. The predicted molar refractivity (Wildman–Crippen MR) is 86.9 cm³/mol. The monoisotopic (exact) mass is 314 g/mol. The Hall–Kier alpha value is -2.14. The van der Waals surface area contributed by atoms with Gasteiger partial charge in [-0.15, -0.1) is 0 Å². The van der Waals surface area contributed by atoms with Crippen molar-refractivity contribution in [1.82, 2.24) is 10.3 Å². The second-order valence-corrected chi connectivity index (χ2v) is 6.28. The van der Waals surface area contributed by atoms with Crippen LogP contribution in [0.5, 0.6) is 0 Å². The Labute approximate surface area is 135 Å². The summed E-state index contributed by atoms with van der Waals surface area (Å²) in [7, 11) is 0. The zero-order valence-electron chi connectivity index (χ0n) is 13.3. The van der Waals surface area contributed by atoms with Crippen LogP contribution in [0.25, 0.3) is 11.5 Å². The summed E-state index contributed by atoms with van der Waals surface area (Å²) in [5.74, 6) is -0.202. The second-order valence-electron chi connectivity index (χ2n) is 6.28. The molecule has 1 heterocycles. The van der Waals surface area contributed by atoms with E-state index in [9.17, 15) is 4.79 Å². The molecule has 5 nitrogen and oxygen atoms in total.